The monoisotopic (exact) mass is 503 g/mol. The molecule has 1 fully saturated rings. The predicted octanol–water partition coefficient (Wildman–Crippen LogP) is 4.10. The van der Waals surface area contributed by atoms with Crippen LogP contribution in [0.3, 0.4) is 0 Å². The van der Waals surface area contributed by atoms with Crippen molar-refractivity contribution in [2.45, 2.75) is 38.3 Å². The molecule has 0 atom stereocenters. The van der Waals surface area contributed by atoms with Crippen LogP contribution in [0.4, 0.5) is 23.1 Å². The second-order valence-corrected chi connectivity index (χ2v) is 9.70. The molecule has 0 radical (unpaired) electrons. The van der Waals surface area contributed by atoms with Gasteiger partial charge in [-0.05, 0) is 57.0 Å². The van der Waals surface area contributed by atoms with Gasteiger partial charge in [0.1, 0.15) is 10.6 Å². The van der Waals surface area contributed by atoms with E-state index in [4.69, 9.17) is 16.9 Å². The molecule has 5 rings (SSSR count). The van der Waals surface area contributed by atoms with Crippen LogP contribution in [-0.2, 0) is 5.60 Å². The van der Waals surface area contributed by atoms with Crippen molar-refractivity contribution >= 4 is 40.4 Å². The van der Waals surface area contributed by atoms with Crippen molar-refractivity contribution in [1.82, 2.24) is 24.6 Å². The Morgan fingerprint density at radius 3 is 2.58 bits per heavy atom. The van der Waals surface area contributed by atoms with Crippen LogP contribution in [0.2, 0.25) is 5.02 Å². The highest BCUT2D eigenvalue weighted by Crippen LogP contribution is 2.26. The largest absolute Gasteiger partial charge is 0.382 e. The Labute approximate surface area is 213 Å². The Morgan fingerprint density at radius 1 is 1.14 bits per heavy atom. The maximum atomic E-state index is 10.2. The second kappa shape index (κ2) is 9.60. The first-order valence-corrected chi connectivity index (χ1v) is 12.1. The Hall–Kier alpha value is -3.94. The number of benzene rings is 1. The Kier molecular flexibility index (Phi) is 6.35. The molecule has 4 aromatic rings. The van der Waals surface area contributed by atoms with E-state index in [-0.39, 0.29) is 6.04 Å². The molecule has 0 aliphatic carbocycles. The van der Waals surface area contributed by atoms with E-state index in [1.54, 1.807) is 30.8 Å². The van der Waals surface area contributed by atoms with Crippen LogP contribution in [0.1, 0.15) is 38.1 Å². The summed E-state index contributed by atoms with van der Waals surface area (Å²) in [6, 6.07) is 13.7. The predicted molar refractivity (Wildman–Crippen MR) is 139 cm³/mol. The summed E-state index contributed by atoms with van der Waals surface area (Å²) in [6.07, 6.45) is 5.19. The van der Waals surface area contributed by atoms with Crippen LogP contribution in [0.25, 0.3) is 5.65 Å². The van der Waals surface area contributed by atoms with Crippen LogP contribution in [0.15, 0.2) is 48.8 Å². The van der Waals surface area contributed by atoms with Gasteiger partial charge < -0.3 is 20.6 Å². The lowest BCUT2D eigenvalue weighted by Gasteiger charge is -2.34. The minimum Gasteiger partial charge on any atom is -0.382 e. The molecule has 1 aromatic carbocycles. The third kappa shape index (κ3) is 5.17. The van der Waals surface area contributed by atoms with Gasteiger partial charge in [-0.3, -0.25) is 0 Å². The minimum atomic E-state index is -1.13. The number of anilines is 4. The van der Waals surface area contributed by atoms with Gasteiger partial charge in [-0.25, -0.2) is 14.5 Å². The fourth-order valence-corrected chi connectivity index (χ4v) is 4.24. The zero-order valence-electron chi connectivity index (χ0n) is 20.0. The number of fused-ring (bicyclic) bond motifs is 1. The molecule has 1 aliphatic rings. The van der Waals surface area contributed by atoms with Crippen molar-refractivity contribution in [3.05, 3.63) is 65.2 Å². The van der Waals surface area contributed by atoms with Crippen LogP contribution in [-0.4, -0.2) is 48.8 Å². The van der Waals surface area contributed by atoms with Crippen molar-refractivity contribution in [2.75, 3.05) is 28.6 Å². The molecule has 11 heteroatoms. The lowest BCUT2D eigenvalue weighted by Crippen LogP contribution is -2.39. The zero-order chi connectivity index (χ0) is 25.3. The third-order valence-corrected chi connectivity index (χ3v) is 6.36. The lowest BCUT2D eigenvalue weighted by atomic mass is 10.0. The van der Waals surface area contributed by atoms with Crippen molar-refractivity contribution in [3.8, 4) is 6.07 Å². The Bertz CT molecular complexity index is 1410. The maximum Gasteiger partial charge on any atom is 0.229 e. The highest BCUT2D eigenvalue weighted by molar-refractivity contribution is 6.32. The summed E-state index contributed by atoms with van der Waals surface area (Å²) in [7, 11) is 0. The summed E-state index contributed by atoms with van der Waals surface area (Å²) in [6.45, 7) is 5.08. The number of nitrogens with one attached hydrogen (secondary N) is 2. The number of aromatic nitrogens is 5. The van der Waals surface area contributed by atoms with Crippen molar-refractivity contribution in [2.24, 2.45) is 0 Å². The van der Waals surface area contributed by atoms with Gasteiger partial charge in [0.2, 0.25) is 5.95 Å². The van der Waals surface area contributed by atoms with Gasteiger partial charge in [0, 0.05) is 42.8 Å². The molecular formula is C25H26ClN9O. The Balaban J connectivity index is 1.24. The molecule has 1 saturated heterocycles. The average molecular weight is 504 g/mol. The fourth-order valence-electron chi connectivity index (χ4n) is 4.10. The van der Waals surface area contributed by atoms with Crippen LogP contribution in [0.5, 0.6) is 0 Å². The molecule has 0 bridgehead atoms. The van der Waals surface area contributed by atoms with Gasteiger partial charge in [0.05, 0.1) is 17.8 Å². The summed E-state index contributed by atoms with van der Waals surface area (Å²) in [4.78, 5) is 15.6. The molecular weight excluding hydrogens is 478 g/mol. The number of aliphatic hydroxyl groups is 1. The number of nitriles is 1. The Morgan fingerprint density at radius 2 is 1.89 bits per heavy atom. The molecule has 3 aromatic heterocycles. The summed E-state index contributed by atoms with van der Waals surface area (Å²) < 4.78 is 1.61. The van der Waals surface area contributed by atoms with Gasteiger partial charge in [-0.2, -0.15) is 10.2 Å². The molecule has 184 valence electrons. The SMILES string of the molecule is CC(C)(O)c1nc2cc(Nc3ncc(Cl)c(NC4CCN(c5ccc(C#N)cc5)CC4)n3)ccn2n1. The molecule has 4 heterocycles. The number of pyridine rings is 1. The first-order chi connectivity index (χ1) is 17.3. The maximum absolute atomic E-state index is 10.2. The number of nitrogens with zero attached hydrogens (tertiary/aromatic N) is 7. The standard InChI is InChI=1S/C25H26ClN9O/c1-25(2,36)23-31-21-13-18(9-12-35(21)33-23)30-24-28-15-20(26)22(32-24)29-17-7-10-34(11-8-17)19-5-3-16(14-27)4-6-19/h3-6,9,12-13,15,17,36H,7-8,10-11H2,1-2H3,(H2,28,29,30,32). The molecule has 10 nitrogen and oxygen atoms in total. The van der Waals surface area contributed by atoms with E-state index in [1.165, 1.54) is 0 Å². The van der Waals surface area contributed by atoms with Gasteiger partial charge in [0.15, 0.2) is 17.3 Å². The number of halogens is 1. The van der Waals surface area contributed by atoms with E-state index < -0.39 is 5.60 Å². The number of hydrogen-bond donors (Lipinski definition) is 3. The van der Waals surface area contributed by atoms with Crippen LogP contribution in [0, 0.1) is 11.3 Å². The van der Waals surface area contributed by atoms with Crippen LogP contribution >= 0.6 is 11.6 Å². The van der Waals surface area contributed by atoms with E-state index in [0.29, 0.717) is 33.8 Å². The smallest absolute Gasteiger partial charge is 0.229 e. The minimum absolute atomic E-state index is 0.229. The highest BCUT2D eigenvalue weighted by Gasteiger charge is 2.23. The first kappa shape index (κ1) is 23.8. The normalized spacial score (nSPS) is 14.6. The van der Waals surface area contributed by atoms with E-state index in [1.807, 2.05) is 36.4 Å². The van der Waals surface area contributed by atoms with Crippen molar-refractivity contribution < 1.29 is 5.11 Å². The second-order valence-electron chi connectivity index (χ2n) is 9.29. The topological polar surface area (TPSA) is 127 Å². The highest BCUT2D eigenvalue weighted by atomic mass is 35.5. The summed E-state index contributed by atoms with van der Waals surface area (Å²) in [5.41, 5.74) is 1.99. The number of piperidine rings is 1. The van der Waals surface area contributed by atoms with Gasteiger partial charge in [-0.1, -0.05) is 11.6 Å². The summed E-state index contributed by atoms with van der Waals surface area (Å²) in [5, 5.41) is 30.6. The van der Waals surface area contributed by atoms with E-state index >= 15 is 0 Å². The van der Waals surface area contributed by atoms with E-state index in [9.17, 15) is 5.11 Å². The molecule has 0 unspecified atom stereocenters. The molecule has 0 amide bonds. The number of rotatable bonds is 6. The van der Waals surface area contributed by atoms with Gasteiger partial charge in [0.25, 0.3) is 0 Å². The quantitative estimate of drug-likeness (QED) is 0.356. The molecule has 36 heavy (non-hydrogen) atoms. The van der Waals surface area contributed by atoms with Gasteiger partial charge >= 0.3 is 0 Å². The summed E-state index contributed by atoms with van der Waals surface area (Å²) in [5.74, 6) is 1.33. The van der Waals surface area contributed by atoms with Gasteiger partial charge in [-0.15, -0.1) is 5.10 Å². The van der Waals surface area contributed by atoms with E-state index in [2.05, 4.69) is 41.7 Å². The van der Waals surface area contributed by atoms with E-state index in [0.717, 1.165) is 37.3 Å². The molecule has 0 spiro atoms. The zero-order valence-corrected chi connectivity index (χ0v) is 20.7. The number of hydrogen-bond acceptors (Lipinski definition) is 9. The van der Waals surface area contributed by atoms with Crippen molar-refractivity contribution in [3.63, 3.8) is 0 Å². The summed E-state index contributed by atoms with van der Waals surface area (Å²) >= 11 is 6.40. The average Bonchev–Trinajstić information content (AvgIpc) is 3.31. The molecule has 1 aliphatic heterocycles. The fraction of sp³-hybridized carbons (Fsp3) is 0.320. The van der Waals surface area contributed by atoms with Crippen molar-refractivity contribution in [1.29, 1.82) is 5.26 Å². The molecule has 3 N–H and O–H groups in total. The lowest BCUT2D eigenvalue weighted by molar-refractivity contribution is 0.0690. The third-order valence-electron chi connectivity index (χ3n) is 6.08. The first-order valence-electron chi connectivity index (χ1n) is 11.7. The van der Waals surface area contributed by atoms with Crippen LogP contribution < -0.4 is 15.5 Å². The molecule has 0 saturated carbocycles.